The fourth-order valence-electron chi connectivity index (χ4n) is 3.89. The Labute approximate surface area is 180 Å². The van der Waals surface area contributed by atoms with Crippen LogP contribution in [0.25, 0.3) is 0 Å². The fourth-order valence-corrected chi connectivity index (χ4v) is 3.89. The largest absolute Gasteiger partial charge is 0.389 e. The molecule has 1 aliphatic rings. The molecule has 0 spiro atoms. The monoisotopic (exact) mass is 418 g/mol. The van der Waals surface area contributed by atoms with E-state index in [9.17, 15) is 9.90 Å². The minimum absolute atomic E-state index is 0.0815. The lowest BCUT2D eigenvalue weighted by Gasteiger charge is -2.29. The van der Waals surface area contributed by atoms with Crippen molar-refractivity contribution in [3.63, 3.8) is 0 Å². The molecule has 1 aromatic carbocycles. The van der Waals surface area contributed by atoms with Crippen LogP contribution >= 0.6 is 0 Å². The molecule has 2 atom stereocenters. The number of amides is 1. The molecule has 1 aromatic rings. The van der Waals surface area contributed by atoms with E-state index in [-0.39, 0.29) is 18.6 Å². The van der Waals surface area contributed by atoms with Crippen LogP contribution in [0, 0.1) is 5.41 Å². The molecular weight excluding hydrogens is 380 g/mol. The lowest BCUT2D eigenvalue weighted by atomic mass is 9.85. The standard InChI is InChI=1S/C23H38N4O3/c1-5-24-22(26-17-23(13-9-10-14-23)21(29)27(3)4)25-15-20(28)16-30-18(2)19-11-7-6-8-12-19/h6-8,11-12,18,20,28H,5,9-10,13-17H2,1-4H3,(H2,24,25,26). The van der Waals surface area contributed by atoms with Crippen LogP contribution in [-0.4, -0.2) is 68.3 Å². The van der Waals surface area contributed by atoms with Gasteiger partial charge in [0, 0.05) is 27.2 Å². The highest BCUT2D eigenvalue weighted by atomic mass is 16.5. The zero-order valence-corrected chi connectivity index (χ0v) is 18.9. The maximum Gasteiger partial charge on any atom is 0.230 e. The first-order valence-corrected chi connectivity index (χ1v) is 11.0. The summed E-state index contributed by atoms with van der Waals surface area (Å²) in [4.78, 5) is 19.1. The van der Waals surface area contributed by atoms with Gasteiger partial charge in [0.2, 0.25) is 5.91 Å². The van der Waals surface area contributed by atoms with E-state index in [0.717, 1.165) is 31.2 Å². The number of aliphatic hydroxyl groups is 1. The van der Waals surface area contributed by atoms with Crippen molar-refractivity contribution in [2.45, 2.75) is 51.7 Å². The Balaban J connectivity index is 1.87. The molecule has 0 saturated heterocycles. The minimum Gasteiger partial charge on any atom is -0.389 e. The molecule has 3 N–H and O–H groups in total. The lowest BCUT2D eigenvalue weighted by Crippen LogP contribution is -2.44. The van der Waals surface area contributed by atoms with E-state index >= 15 is 0 Å². The van der Waals surface area contributed by atoms with Gasteiger partial charge in [-0.1, -0.05) is 43.2 Å². The second-order valence-electron chi connectivity index (χ2n) is 8.30. The van der Waals surface area contributed by atoms with Gasteiger partial charge in [-0.3, -0.25) is 9.79 Å². The van der Waals surface area contributed by atoms with Crippen LogP contribution in [0.15, 0.2) is 35.3 Å². The molecule has 7 nitrogen and oxygen atoms in total. The molecule has 2 rings (SSSR count). The van der Waals surface area contributed by atoms with Crippen molar-refractivity contribution in [3.8, 4) is 0 Å². The van der Waals surface area contributed by atoms with Gasteiger partial charge in [-0.25, -0.2) is 0 Å². The van der Waals surface area contributed by atoms with Crippen LogP contribution in [-0.2, 0) is 9.53 Å². The zero-order chi connectivity index (χ0) is 22.0. The Morgan fingerprint density at radius 2 is 1.90 bits per heavy atom. The maximum atomic E-state index is 12.7. The smallest absolute Gasteiger partial charge is 0.230 e. The molecule has 0 heterocycles. The van der Waals surface area contributed by atoms with E-state index < -0.39 is 11.5 Å². The van der Waals surface area contributed by atoms with Crippen molar-refractivity contribution in [1.29, 1.82) is 0 Å². The first kappa shape index (κ1) is 24.2. The van der Waals surface area contributed by atoms with E-state index in [1.165, 1.54) is 0 Å². The number of rotatable bonds is 10. The van der Waals surface area contributed by atoms with E-state index in [0.29, 0.717) is 25.6 Å². The molecule has 1 aliphatic carbocycles. The Bertz CT molecular complexity index is 672. The Morgan fingerprint density at radius 3 is 2.50 bits per heavy atom. The van der Waals surface area contributed by atoms with Crippen LogP contribution in [0.5, 0.6) is 0 Å². The quantitative estimate of drug-likeness (QED) is 0.401. The molecule has 0 aromatic heterocycles. The first-order valence-electron chi connectivity index (χ1n) is 11.0. The zero-order valence-electron chi connectivity index (χ0n) is 18.9. The molecule has 0 aliphatic heterocycles. The SMILES string of the molecule is CCNC(=NCC1(C(=O)N(C)C)CCCC1)NCC(O)COC(C)c1ccccc1. The van der Waals surface area contributed by atoms with Crippen molar-refractivity contribution in [2.75, 3.05) is 40.3 Å². The number of hydrogen-bond donors (Lipinski definition) is 3. The number of aliphatic hydroxyl groups excluding tert-OH is 1. The summed E-state index contributed by atoms with van der Waals surface area (Å²) in [6.07, 6.45) is 3.14. The van der Waals surface area contributed by atoms with Crippen LogP contribution in [0.1, 0.15) is 51.2 Å². The van der Waals surface area contributed by atoms with Gasteiger partial charge in [-0.2, -0.15) is 0 Å². The third-order valence-corrected chi connectivity index (χ3v) is 5.62. The molecule has 1 fully saturated rings. The van der Waals surface area contributed by atoms with Crippen molar-refractivity contribution in [2.24, 2.45) is 10.4 Å². The van der Waals surface area contributed by atoms with E-state index in [2.05, 4.69) is 15.6 Å². The molecular formula is C23H38N4O3. The molecule has 1 amide bonds. The number of guanidine groups is 1. The third-order valence-electron chi connectivity index (χ3n) is 5.62. The summed E-state index contributed by atoms with van der Waals surface area (Å²) in [5, 5.41) is 16.7. The number of benzene rings is 1. The number of nitrogens with zero attached hydrogens (tertiary/aromatic N) is 2. The van der Waals surface area contributed by atoms with Crippen molar-refractivity contribution >= 4 is 11.9 Å². The molecule has 2 unspecified atom stereocenters. The Kier molecular flexibility index (Phi) is 9.59. The van der Waals surface area contributed by atoms with Gasteiger partial charge >= 0.3 is 0 Å². The summed E-state index contributed by atoms with van der Waals surface area (Å²) < 4.78 is 5.80. The number of carbonyl (C=O) groups excluding carboxylic acids is 1. The highest BCUT2D eigenvalue weighted by Gasteiger charge is 2.42. The second kappa shape index (κ2) is 11.9. The average Bonchev–Trinajstić information content (AvgIpc) is 3.24. The van der Waals surface area contributed by atoms with Gasteiger partial charge < -0.3 is 25.4 Å². The summed E-state index contributed by atoms with van der Waals surface area (Å²) in [5.74, 6) is 0.772. The summed E-state index contributed by atoms with van der Waals surface area (Å²) in [6, 6.07) is 9.95. The summed E-state index contributed by atoms with van der Waals surface area (Å²) >= 11 is 0. The number of nitrogens with one attached hydrogen (secondary N) is 2. The minimum atomic E-state index is -0.663. The predicted molar refractivity (Wildman–Crippen MR) is 120 cm³/mol. The molecule has 7 heteroatoms. The highest BCUT2D eigenvalue weighted by Crippen LogP contribution is 2.39. The topological polar surface area (TPSA) is 86.2 Å². The van der Waals surface area contributed by atoms with Crippen molar-refractivity contribution < 1.29 is 14.6 Å². The number of ether oxygens (including phenoxy) is 1. The fraction of sp³-hybridized carbons (Fsp3) is 0.652. The number of hydrogen-bond acceptors (Lipinski definition) is 4. The first-order chi connectivity index (χ1) is 14.4. The summed E-state index contributed by atoms with van der Waals surface area (Å²) in [6.45, 7) is 5.68. The van der Waals surface area contributed by atoms with Gasteiger partial charge in [-0.05, 0) is 32.3 Å². The van der Waals surface area contributed by atoms with E-state index in [1.54, 1.807) is 4.90 Å². The average molecular weight is 419 g/mol. The summed E-state index contributed by atoms with van der Waals surface area (Å²) in [7, 11) is 3.62. The Hall–Kier alpha value is -2.12. The van der Waals surface area contributed by atoms with Crippen LogP contribution in [0.3, 0.4) is 0 Å². The van der Waals surface area contributed by atoms with Crippen molar-refractivity contribution in [1.82, 2.24) is 15.5 Å². The third kappa shape index (κ3) is 6.99. The molecule has 30 heavy (non-hydrogen) atoms. The van der Waals surface area contributed by atoms with E-state index in [4.69, 9.17) is 4.74 Å². The summed E-state index contributed by atoms with van der Waals surface area (Å²) in [5.41, 5.74) is 0.679. The van der Waals surface area contributed by atoms with Gasteiger partial charge in [0.05, 0.1) is 30.8 Å². The molecule has 1 saturated carbocycles. The predicted octanol–water partition coefficient (Wildman–Crippen LogP) is 2.33. The number of aliphatic imine (C=N–C) groups is 1. The normalized spacial score (nSPS) is 18.0. The van der Waals surface area contributed by atoms with Crippen LogP contribution in [0.2, 0.25) is 0 Å². The highest BCUT2D eigenvalue weighted by molar-refractivity contribution is 5.84. The van der Waals surface area contributed by atoms with Crippen LogP contribution < -0.4 is 10.6 Å². The van der Waals surface area contributed by atoms with Gasteiger partial charge in [0.15, 0.2) is 5.96 Å². The van der Waals surface area contributed by atoms with Gasteiger partial charge in [0.25, 0.3) is 0 Å². The van der Waals surface area contributed by atoms with Crippen LogP contribution in [0.4, 0.5) is 0 Å². The van der Waals surface area contributed by atoms with Gasteiger partial charge in [0.1, 0.15) is 0 Å². The van der Waals surface area contributed by atoms with Gasteiger partial charge in [-0.15, -0.1) is 0 Å². The van der Waals surface area contributed by atoms with Crippen molar-refractivity contribution in [3.05, 3.63) is 35.9 Å². The van der Waals surface area contributed by atoms with E-state index in [1.807, 2.05) is 58.3 Å². The maximum absolute atomic E-state index is 12.7. The Morgan fingerprint density at radius 1 is 1.23 bits per heavy atom. The molecule has 168 valence electrons. The molecule has 0 bridgehead atoms. The number of carbonyl (C=O) groups is 1. The lowest BCUT2D eigenvalue weighted by molar-refractivity contribution is -0.138. The molecule has 0 radical (unpaired) electrons. The second-order valence-corrected chi connectivity index (χ2v) is 8.30.